The minimum Gasteiger partial charge on any atom is -0.480 e. The van der Waals surface area contributed by atoms with Crippen LogP contribution in [0.3, 0.4) is 0 Å². The average Bonchev–Trinajstić information content (AvgIpc) is 3.38. The Bertz CT molecular complexity index is 1040. The normalized spacial score (nSPS) is 20.9. The molecule has 2 unspecified atom stereocenters. The average molecular weight is 483 g/mol. The van der Waals surface area contributed by atoms with Crippen molar-refractivity contribution in [3.05, 3.63) is 59.7 Å². The molecular weight excluding hydrogens is 452 g/mol. The van der Waals surface area contributed by atoms with E-state index in [2.05, 4.69) is 17.4 Å². The smallest absolute Gasteiger partial charge is 0.407 e. The van der Waals surface area contributed by atoms with Gasteiger partial charge in [0.05, 0.1) is 5.37 Å². The Morgan fingerprint density at radius 2 is 1.71 bits per heavy atom. The van der Waals surface area contributed by atoms with Crippen LogP contribution in [-0.2, 0) is 14.3 Å². The number of alkyl carbamates (subject to hydrolysis) is 1. The number of carbonyl (C=O) groups excluding carboxylic acids is 2. The first kappa shape index (κ1) is 24.1. The van der Waals surface area contributed by atoms with Crippen molar-refractivity contribution in [2.24, 2.45) is 5.92 Å². The van der Waals surface area contributed by atoms with Gasteiger partial charge in [-0.15, -0.1) is 11.8 Å². The number of fused-ring (bicyclic) bond motifs is 3. The summed E-state index contributed by atoms with van der Waals surface area (Å²) in [6.07, 6.45) is -0.0282. The maximum Gasteiger partial charge on any atom is 0.407 e. The standard InChI is InChI=1S/C26H30N2O5S/c1-4-15(2)23(24(29)28-16(3)34-14-22(28)25(30)31)27-26(32)33-13-21-19-11-7-5-9-17(19)18-10-6-8-12-20(18)21/h5-12,15-16,21-23H,4,13-14H2,1-3H3,(H,27,32)(H,30,31)/t15-,16?,22?,23-/m0/s1. The number of rotatable bonds is 7. The zero-order chi connectivity index (χ0) is 24.4. The van der Waals surface area contributed by atoms with Crippen molar-refractivity contribution < 1.29 is 24.2 Å². The number of amides is 2. The molecule has 2 aromatic rings. The summed E-state index contributed by atoms with van der Waals surface area (Å²) in [5, 5.41) is 12.0. The minimum absolute atomic E-state index is 0.0812. The van der Waals surface area contributed by atoms with Crippen LogP contribution in [0.15, 0.2) is 48.5 Å². The first-order chi connectivity index (χ1) is 16.3. The topological polar surface area (TPSA) is 95.9 Å². The van der Waals surface area contributed by atoms with Gasteiger partial charge in [0.25, 0.3) is 0 Å². The van der Waals surface area contributed by atoms with E-state index in [1.807, 2.05) is 57.2 Å². The van der Waals surface area contributed by atoms with Crippen molar-refractivity contribution in [1.29, 1.82) is 0 Å². The third kappa shape index (κ3) is 4.51. The van der Waals surface area contributed by atoms with Crippen LogP contribution in [0.5, 0.6) is 0 Å². The van der Waals surface area contributed by atoms with Gasteiger partial charge in [-0.1, -0.05) is 68.8 Å². The van der Waals surface area contributed by atoms with Crippen LogP contribution in [0.2, 0.25) is 0 Å². The number of carboxylic acid groups (broad SMARTS) is 1. The SMILES string of the molecule is CC[C@H](C)[C@H](NC(=O)OCC1c2ccccc2-c2ccccc21)C(=O)N1C(C)SCC1C(=O)O. The first-order valence-corrected chi connectivity index (χ1v) is 12.7. The van der Waals surface area contributed by atoms with E-state index in [1.165, 1.54) is 16.7 Å². The Morgan fingerprint density at radius 1 is 1.12 bits per heavy atom. The quantitative estimate of drug-likeness (QED) is 0.610. The van der Waals surface area contributed by atoms with Crippen LogP contribution in [0.1, 0.15) is 44.2 Å². The van der Waals surface area contributed by atoms with Crippen molar-refractivity contribution >= 4 is 29.7 Å². The zero-order valence-corrected chi connectivity index (χ0v) is 20.4. The lowest BCUT2D eigenvalue weighted by atomic mass is 9.97. The van der Waals surface area contributed by atoms with Gasteiger partial charge in [0.1, 0.15) is 18.7 Å². The molecule has 34 heavy (non-hydrogen) atoms. The molecule has 0 saturated carbocycles. The number of aliphatic carboxylic acids is 1. The summed E-state index contributed by atoms with van der Waals surface area (Å²) in [7, 11) is 0. The second-order valence-corrected chi connectivity index (χ2v) is 10.2. The van der Waals surface area contributed by atoms with Gasteiger partial charge in [0.2, 0.25) is 5.91 Å². The van der Waals surface area contributed by atoms with Gasteiger partial charge in [-0.25, -0.2) is 9.59 Å². The van der Waals surface area contributed by atoms with E-state index in [0.717, 1.165) is 22.3 Å². The fraction of sp³-hybridized carbons (Fsp3) is 0.423. The lowest BCUT2D eigenvalue weighted by Gasteiger charge is -2.32. The second-order valence-electron chi connectivity index (χ2n) is 8.87. The van der Waals surface area contributed by atoms with Gasteiger partial charge in [-0.05, 0) is 35.1 Å². The number of nitrogens with zero attached hydrogens (tertiary/aromatic N) is 1. The highest BCUT2D eigenvalue weighted by Gasteiger charge is 2.43. The van der Waals surface area contributed by atoms with Gasteiger partial charge in [-0.2, -0.15) is 0 Å². The number of hydrogen-bond acceptors (Lipinski definition) is 5. The summed E-state index contributed by atoms with van der Waals surface area (Å²) in [6.45, 7) is 5.76. The fourth-order valence-electron chi connectivity index (χ4n) is 4.78. The molecule has 0 aromatic heterocycles. The molecule has 2 aromatic carbocycles. The van der Waals surface area contributed by atoms with Crippen LogP contribution in [-0.4, -0.2) is 57.8 Å². The highest BCUT2D eigenvalue weighted by atomic mass is 32.2. The first-order valence-electron chi connectivity index (χ1n) is 11.6. The molecule has 2 amide bonds. The number of nitrogens with one attached hydrogen (secondary N) is 1. The highest BCUT2D eigenvalue weighted by molar-refractivity contribution is 8.00. The third-order valence-corrected chi connectivity index (χ3v) is 8.08. The molecule has 8 heteroatoms. The van der Waals surface area contributed by atoms with Gasteiger partial charge in [-0.3, -0.25) is 4.79 Å². The van der Waals surface area contributed by atoms with E-state index >= 15 is 0 Å². The third-order valence-electron chi connectivity index (χ3n) is 6.86. The molecular formula is C26H30N2O5S. The molecule has 1 aliphatic heterocycles. The molecule has 2 N–H and O–H groups in total. The van der Waals surface area contributed by atoms with Crippen LogP contribution in [0.25, 0.3) is 11.1 Å². The number of benzene rings is 2. The summed E-state index contributed by atoms with van der Waals surface area (Å²) in [5.41, 5.74) is 4.50. The summed E-state index contributed by atoms with van der Waals surface area (Å²) in [5.74, 6) is -1.34. The van der Waals surface area contributed by atoms with Crippen LogP contribution < -0.4 is 5.32 Å². The van der Waals surface area contributed by atoms with Crippen LogP contribution >= 0.6 is 11.8 Å². The Hall–Kier alpha value is -3.00. The molecule has 0 bridgehead atoms. The molecule has 2 aliphatic rings. The molecule has 1 aliphatic carbocycles. The Kier molecular flexibility index (Phi) is 7.16. The van der Waals surface area contributed by atoms with E-state index in [1.54, 1.807) is 0 Å². The minimum atomic E-state index is -1.03. The van der Waals surface area contributed by atoms with Crippen molar-refractivity contribution in [2.45, 2.75) is 50.6 Å². The Morgan fingerprint density at radius 3 is 2.26 bits per heavy atom. The molecule has 4 rings (SSSR count). The number of carbonyl (C=O) groups is 3. The predicted octanol–water partition coefficient (Wildman–Crippen LogP) is 4.31. The largest absolute Gasteiger partial charge is 0.480 e. The Labute approximate surface area is 203 Å². The van der Waals surface area contributed by atoms with E-state index in [-0.39, 0.29) is 29.7 Å². The molecule has 7 nitrogen and oxygen atoms in total. The molecule has 1 heterocycles. The lowest BCUT2D eigenvalue weighted by Crippen LogP contribution is -2.56. The second kappa shape index (κ2) is 10.1. The maximum absolute atomic E-state index is 13.4. The molecule has 180 valence electrons. The van der Waals surface area contributed by atoms with Crippen molar-refractivity contribution in [3.63, 3.8) is 0 Å². The van der Waals surface area contributed by atoms with Crippen molar-refractivity contribution in [3.8, 4) is 11.1 Å². The fourth-order valence-corrected chi connectivity index (χ4v) is 5.95. The summed E-state index contributed by atoms with van der Waals surface area (Å²) < 4.78 is 5.64. The van der Waals surface area contributed by atoms with Crippen LogP contribution in [0.4, 0.5) is 4.79 Å². The number of thioether (sulfide) groups is 1. The van der Waals surface area contributed by atoms with Gasteiger partial charge >= 0.3 is 12.1 Å². The van der Waals surface area contributed by atoms with Gasteiger partial charge < -0.3 is 20.1 Å². The molecule has 0 radical (unpaired) electrons. The van der Waals surface area contributed by atoms with E-state index < -0.39 is 24.1 Å². The van der Waals surface area contributed by atoms with E-state index in [9.17, 15) is 19.5 Å². The summed E-state index contributed by atoms with van der Waals surface area (Å²) in [6, 6.07) is 14.4. The monoisotopic (exact) mass is 482 g/mol. The Balaban J connectivity index is 1.47. The van der Waals surface area contributed by atoms with Crippen molar-refractivity contribution in [2.75, 3.05) is 12.4 Å². The zero-order valence-electron chi connectivity index (χ0n) is 19.6. The number of carboxylic acids is 1. The van der Waals surface area contributed by atoms with Crippen molar-refractivity contribution in [1.82, 2.24) is 10.2 Å². The maximum atomic E-state index is 13.4. The van der Waals surface area contributed by atoms with E-state index in [4.69, 9.17) is 4.74 Å². The highest BCUT2D eigenvalue weighted by Crippen LogP contribution is 2.44. The molecule has 1 saturated heterocycles. The van der Waals surface area contributed by atoms with Gasteiger partial charge in [0.15, 0.2) is 0 Å². The molecule has 0 spiro atoms. The number of hydrogen-bond donors (Lipinski definition) is 2. The molecule has 4 atom stereocenters. The summed E-state index contributed by atoms with van der Waals surface area (Å²) in [4.78, 5) is 39.3. The van der Waals surface area contributed by atoms with Gasteiger partial charge in [0, 0.05) is 11.7 Å². The molecule has 1 fully saturated rings. The number of ether oxygens (including phenoxy) is 1. The summed E-state index contributed by atoms with van der Waals surface area (Å²) >= 11 is 1.42. The van der Waals surface area contributed by atoms with E-state index in [0.29, 0.717) is 12.2 Å². The lowest BCUT2D eigenvalue weighted by molar-refractivity contribution is -0.150. The van der Waals surface area contributed by atoms with Crippen LogP contribution in [0, 0.1) is 5.92 Å². The predicted molar refractivity (Wildman–Crippen MR) is 132 cm³/mol.